The molecular formula is C15H21N. The highest BCUT2D eigenvalue weighted by molar-refractivity contribution is 5.30. The van der Waals surface area contributed by atoms with Crippen LogP contribution in [-0.2, 0) is 0 Å². The summed E-state index contributed by atoms with van der Waals surface area (Å²) in [7, 11) is 0. The van der Waals surface area contributed by atoms with Gasteiger partial charge in [0, 0.05) is 0 Å². The Balaban J connectivity index is 1.75. The van der Waals surface area contributed by atoms with E-state index >= 15 is 0 Å². The number of hydrogen-bond acceptors (Lipinski definition) is 1. The maximum absolute atomic E-state index is 3.51. The van der Waals surface area contributed by atoms with E-state index in [0.29, 0.717) is 5.92 Å². The Labute approximate surface area is 98.3 Å². The van der Waals surface area contributed by atoms with Gasteiger partial charge in [-0.2, -0.15) is 0 Å². The van der Waals surface area contributed by atoms with Crippen molar-refractivity contribution in [3.8, 4) is 0 Å². The molecule has 1 aliphatic heterocycles. The lowest BCUT2D eigenvalue weighted by Crippen LogP contribution is -2.33. The van der Waals surface area contributed by atoms with Crippen LogP contribution in [0.25, 0.3) is 0 Å². The monoisotopic (exact) mass is 215 g/mol. The Hall–Kier alpha value is -0.820. The van der Waals surface area contributed by atoms with Crippen LogP contribution in [-0.4, -0.2) is 13.1 Å². The van der Waals surface area contributed by atoms with Gasteiger partial charge in [0.15, 0.2) is 0 Å². The van der Waals surface area contributed by atoms with Gasteiger partial charge in [0.05, 0.1) is 0 Å². The Morgan fingerprint density at radius 3 is 2.50 bits per heavy atom. The molecule has 1 aromatic carbocycles. The highest BCUT2D eigenvalue weighted by Gasteiger charge is 2.44. The average molecular weight is 215 g/mol. The minimum absolute atomic E-state index is 0.649. The lowest BCUT2D eigenvalue weighted by atomic mass is 9.64. The average Bonchev–Trinajstić information content (AvgIpc) is 2.61. The predicted molar refractivity (Wildman–Crippen MR) is 67.7 cm³/mol. The lowest BCUT2D eigenvalue weighted by molar-refractivity contribution is 0.191. The molecule has 1 heteroatoms. The van der Waals surface area contributed by atoms with Gasteiger partial charge in [-0.3, -0.25) is 0 Å². The smallest absolute Gasteiger partial charge is 0.00114 e. The first-order valence-electron chi connectivity index (χ1n) is 6.56. The van der Waals surface area contributed by atoms with Gasteiger partial charge in [0.1, 0.15) is 0 Å². The van der Waals surface area contributed by atoms with E-state index in [1.165, 1.54) is 25.1 Å². The van der Waals surface area contributed by atoms with E-state index in [1.807, 2.05) is 0 Å². The van der Waals surface area contributed by atoms with Crippen molar-refractivity contribution >= 4 is 0 Å². The van der Waals surface area contributed by atoms with Crippen molar-refractivity contribution in [1.29, 1.82) is 0 Å². The second-order valence-corrected chi connectivity index (χ2v) is 5.75. The van der Waals surface area contributed by atoms with Crippen LogP contribution >= 0.6 is 0 Å². The molecule has 0 aromatic heterocycles. The van der Waals surface area contributed by atoms with Crippen LogP contribution in [0.5, 0.6) is 0 Å². The van der Waals surface area contributed by atoms with Crippen LogP contribution in [0, 0.1) is 11.8 Å². The molecule has 3 atom stereocenters. The predicted octanol–water partition coefficient (Wildman–Crippen LogP) is 3.13. The standard InChI is InChI=1S/C15H21N/c1-10(2)11-3-5-12(6-4-11)14-7-13-8-16-9-15(13)14/h3-6,10,13-16H,7-9H2,1-2H3. The van der Waals surface area contributed by atoms with E-state index in [2.05, 4.69) is 43.4 Å². The first-order chi connectivity index (χ1) is 7.75. The number of fused-ring (bicyclic) bond motifs is 1. The van der Waals surface area contributed by atoms with Crippen molar-refractivity contribution < 1.29 is 0 Å². The third kappa shape index (κ3) is 1.58. The highest BCUT2D eigenvalue weighted by Crippen LogP contribution is 2.48. The Kier molecular flexibility index (Phi) is 2.51. The SMILES string of the molecule is CC(C)c1ccc(C2CC3CNCC32)cc1. The van der Waals surface area contributed by atoms with E-state index in [-0.39, 0.29) is 0 Å². The van der Waals surface area contributed by atoms with E-state index in [0.717, 1.165) is 17.8 Å². The molecule has 0 radical (unpaired) electrons. The summed E-state index contributed by atoms with van der Waals surface area (Å²) in [6.07, 6.45) is 1.40. The molecular weight excluding hydrogens is 194 g/mol. The number of hydrogen-bond donors (Lipinski definition) is 1. The fourth-order valence-electron chi connectivity index (χ4n) is 3.30. The molecule has 1 saturated carbocycles. The molecule has 16 heavy (non-hydrogen) atoms. The quantitative estimate of drug-likeness (QED) is 0.799. The van der Waals surface area contributed by atoms with Gasteiger partial charge in [-0.1, -0.05) is 38.1 Å². The van der Waals surface area contributed by atoms with Gasteiger partial charge in [-0.15, -0.1) is 0 Å². The van der Waals surface area contributed by atoms with Crippen LogP contribution < -0.4 is 5.32 Å². The van der Waals surface area contributed by atoms with Crippen LogP contribution in [0.4, 0.5) is 0 Å². The van der Waals surface area contributed by atoms with Gasteiger partial charge in [-0.05, 0) is 54.3 Å². The number of nitrogens with one attached hydrogen (secondary N) is 1. The lowest BCUT2D eigenvalue weighted by Gasteiger charge is -2.40. The summed E-state index contributed by atoms with van der Waals surface area (Å²) < 4.78 is 0. The third-order valence-electron chi connectivity index (χ3n) is 4.50. The summed E-state index contributed by atoms with van der Waals surface area (Å²) in [5.41, 5.74) is 3.03. The first-order valence-corrected chi connectivity index (χ1v) is 6.56. The molecule has 3 unspecified atom stereocenters. The van der Waals surface area contributed by atoms with Gasteiger partial charge in [0.2, 0.25) is 0 Å². The zero-order valence-electron chi connectivity index (χ0n) is 10.2. The molecule has 0 spiro atoms. The number of rotatable bonds is 2. The molecule has 2 aliphatic rings. The summed E-state index contributed by atoms with van der Waals surface area (Å²) in [6, 6.07) is 9.34. The second kappa shape index (κ2) is 3.89. The van der Waals surface area contributed by atoms with Gasteiger partial charge < -0.3 is 5.32 Å². The zero-order valence-corrected chi connectivity index (χ0v) is 10.2. The van der Waals surface area contributed by atoms with Crippen molar-refractivity contribution in [2.75, 3.05) is 13.1 Å². The van der Waals surface area contributed by atoms with Crippen LogP contribution in [0.3, 0.4) is 0 Å². The van der Waals surface area contributed by atoms with Gasteiger partial charge >= 0.3 is 0 Å². The van der Waals surface area contributed by atoms with E-state index in [9.17, 15) is 0 Å². The molecule has 1 N–H and O–H groups in total. The van der Waals surface area contributed by atoms with Crippen molar-refractivity contribution in [3.05, 3.63) is 35.4 Å². The number of benzene rings is 1. The minimum Gasteiger partial charge on any atom is -0.316 e. The second-order valence-electron chi connectivity index (χ2n) is 5.75. The van der Waals surface area contributed by atoms with E-state index in [4.69, 9.17) is 0 Å². The molecule has 2 fully saturated rings. The van der Waals surface area contributed by atoms with Crippen molar-refractivity contribution in [1.82, 2.24) is 5.32 Å². The molecule has 1 nitrogen and oxygen atoms in total. The Morgan fingerprint density at radius 1 is 1.12 bits per heavy atom. The van der Waals surface area contributed by atoms with Crippen molar-refractivity contribution in [2.45, 2.75) is 32.1 Å². The Morgan fingerprint density at radius 2 is 1.88 bits per heavy atom. The molecule has 0 amide bonds. The fourth-order valence-corrected chi connectivity index (χ4v) is 3.30. The van der Waals surface area contributed by atoms with Crippen LogP contribution in [0.15, 0.2) is 24.3 Å². The minimum atomic E-state index is 0.649. The molecule has 1 heterocycles. The Bertz CT molecular complexity index is 366. The molecule has 3 rings (SSSR count). The van der Waals surface area contributed by atoms with Crippen LogP contribution in [0.1, 0.15) is 43.2 Å². The third-order valence-corrected chi connectivity index (χ3v) is 4.50. The fraction of sp³-hybridized carbons (Fsp3) is 0.600. The van der Waals surface area contributed by atoms with Crippen LogP contribution in [0.2, 0.25) is 0 Å². The zero-order chi connectivity index (χ0) is 11.1. The summed E-state index contributed by atoms with van der Waals surface area (Å²) in [6.45, 7) is 7.01. The topological polar surface area (TPSA) is 12.0 Å². The highest BCUT2D eigenvalue weighted by atomic mass is 14.9. The summed E-state index contributed by atoms with van der Waals surface area (Å²) in [5, 5.41) is 3.51. The normalized spacial score (nSPS) is 32.6. The summed E-state index contributed by atoms with van der Waals surface area (Å²) in [5.74, 6) is 3.37. The summed E-state index contributed by atoms with van der Waals surface area (Å²) in [4.78, 5) is 0. The molecule has 86 valence electrons. The van der Waals surface area contributed by atoms with Crippen molar-refractivity contribution in [2.24, 2.45) is 11.8 Å². The van der Waals surface area contributed by atoms with E-state index in [1.54, 1.807) is 5.56 Å². The molecule has 1 aromatic rings. The summed E-state index contributed by atoms with van der Waals surface area (Å²) >= 11 is 0. The maximum atomic E-state index is 3.51. The first kappa shape index (κ1) is 10.3. The van der Waals surface area contributed by atoms with E-state index < -0.39 is 0 Å². The maximum Gasteiger partial charge on any atom is -0.00114 e. The molecule has 0 bridgehead atoms. The van der Waals surface area contributed by atoms with Gasteiger partial charge in [0.25, 0.3) is 0 Å². The molecule has 1 saturated heterocycles. The van der Waals surface area contributed by atoms with Crippen molar-refractivity contribution in [3.63, 3.8) is 0 Å². The largest absolute Gasteiger partial charge is 0.316 e. The van der Waals surface area contributed by atoms with Gasteiger partial charge in [-0.25, -0.2) is 0 Å². The molecule has 1 aliphatic carbocycles.